The molecule has 0 saturated carbocycles. The monoisotopic (exact) mass is 286 g/mol. The lowest BCUT2D eigenvalue weighted by Crippen LogP contribution is -2.04. The quantitative estimate of drug-likeness (QED) is 0.857. The zero-order valence-electron chi connectivity index (χ0n) is 11.7. The number of hydrogen-bond acceptors (Lipinski definition) is 2. The highest BCUT2D eigenvalue weighted by atomic mass is 32.2. The molecule has 20 heavy (non-hydrogen) atoms. The van der Waals surface area contributed by atoms with E-state index in [-0.39, 0.29) is 5.75 Å². The van der Waals surface area contributed by atoms with Gasteiger partial charge in [-0.3, -0.25) is 0 Å². The zero-order valence-corrected chi connectivity index (χ0v) is 12.5. The molecule has 2 aromatic carbocycles. The Bertz CT molecular complexity index is 694. The smallest absolute Gasteiger partial charge is 0.181 e. The van der Waals surface area contributed by atoms with E-state index in [1.54, 1.807) is 18.2 Å². The molecule has 0 atom stereocenters. The molecule has 2 rings (SSSR count). The van der Waals surface area contributed by atoms with Gasteiger partial charge in [-0.25, -0.2) is 8.42 Å². The summed E-state index contributed by atoms with van der Waals surface area (Å²) in [5.41, 5.74) is 3.25. The second kappa shape index (κ2) is 6.06. The summed E-state index contributed by atoms with van der Waals surface area (Å²) < 4.78 is 24.3. The van der Waals surface area contributed by atoms with Gasteiger partial charge >= 0.3 is 0 Å². The van der Waals surface area contributed by atoms with Gasteiger partial charge in [-0.05, 0) is 31.5 Å². The maximum atomic E-state index is 12.1. The molecule has 0 saturated heterocycles. The summed E-state index contributed by atoms with van der Waals surface area (Å²) in [5, 5.41) is 0. The van der Waals surface area contributed by atoms with Gasteiger partial charge in [-0.2, -0.15) is 0 Å². The Labute approximate surface area is 120 Å². The summed E-state index contributed by atoms with van der Waals surface area (Å²) >= 11 is 0. The molecular formula is C17H18O2S. The van der Waals surface area contributed by atoms with Crippen molar-refractivity contribution in [1.29, 1.82) is 0 Å². The average molecular weight is 286 g/mol. The van der Waals surface area contributed by atoms with Crippen molar-refractivity contribution in [2.45, 2.75) is 18.7 Å². The van der Waals surface area contributed by atoms with Crippen molar-refractivity contribution in [3.63, 3.8) is 0 Å². The summed E-state index contributed by atoms with van der Waals surface area (Å²) in [6, 6.07) is 14.9. The Morgan fingerprint density at radius 3 is 1.90 bits per heavy atom. The minimum absolute atomic E-state index is 0.0178. The van der Waals surface area contributed by atoms with E-state index in [0.29, 0.717) is 4.90 Å². The highest BCUT2D eigenvalue weighted by Gasteiger charge is 2.11. The Morgan fingerprint density at radius 1 is 0.850 bits per heavy atom. The van der Waals surface area contributed by atoms with E-state index in [4.69, 9.17) is 0 Å². The Hall–Kier alpha value is -1.87. The Balaban J connectivity index is 2.09. The third-order valence-electron chi connectivity index (χ3n) is 3.08. The van der Waals surface area contributed by atoms with Gasteiger partial charge in [0.1, 0.15) is 0 Å². The van der Waals surface area contributed by atoms with Crippen LogP contribution >= 0.6 is 0 Å². The predicted octanol–water partition coefficient (Wildman–Crippen LogP) is 3.79. The lowest BCUT2D eigenvalue weighted by molar-refractivity contribution is 0.599. The highest BCUT2D eigenvalue weighted by molar-refractivity contribution is 7.91. The zero-order chi connectivity index (χ0) is 14.6. The second-order valence-corrected chi connectivity index (χ2v) is 6.94. The van der Waals surface area contributed by atoms with Crippen LogP contribution in [-0.2, 0) is 9.84 Å². The number of aryl methyl sites for hydroxylation is 2. The molecule has 0 bridgehead atoms. The summed E-state index contributed by atoms with van der Waals surface area (Å²) in [7, 11) is -3.24. The number of hydrogen-bond donors (Lipinski definition) is 0. The molecule has 104 valence electrons. The molecule has 0 aromatic heterocycles. The van der Waals surface area contributed by atoms with Gasteiger partial charge < -0.3 is 0 Å². The first kappa shape index (κ1) is 14.5. The van der Waals surface area contributed by atoms with E-state index in [1.165, 1.54) is 5.56 Å². The maximum Gasteiger partial charge on any atom is 0.181 e. The van der Waals surface area contributed by atoms with Gasteiger partial charge in [-0.15, -0.1) is 0 Å². The molecule has 2 aromatic rings. The van der Waals surface area contributed by atoms with Crippen LogP contribution in [0.5, 0.6) is 0 Å². The van der Waals surface area contributed by atoms with E-state index in [2.05, 4.69) is 0 Å². The van der Waals surface area contributed by atoms with Crippen molar-refractivity contribution in [2.75, 3.05) is 5.75 Å². The molecule has 0 N–H and O–H groups in total. The van der Waals surface area contributed by atoms with Crippen LogP contribution in [0.1, 0.15) is 16.7 Å². The van der Waals surface area contributed by atoms with Crippen LogP contribution < -0.4 is 0 Å². The van der Waals surface area contributed by atoms with Gasteiger partial charge in [0.25, 0.3) is 0 Å². The lowest BCUT2D eigenvalue weighted by Gasteiger charge is -2.02. The minimum atomic E-state index is -3.24. The summed E-state index contributed by atoms with van der Waals surface area (Å²) in [6.45, 7) is 3.96. The van der Waals surface area contributed by atoms with Gasteiger partial charge in [0.15, 0.2) is 9.84 Å². The first-order valence-corrected chi connectivity index (χ1v) is 8.15. The SMILES string of the molecule is Cc1ccc(/C=C/CS(=O)(=O)c2ccc(C)cc2)cc1. The fourth-order valence-corrected chi connectivity index (χ4v) is 2.92. The maximum absolute atomic E-state index is 12.1. The number of sulfone groups is 1. The Morgan fingerprint density at radius 2 is 1.35 bits per heavy atom. The molecule has 0 unspecified atom stereocenters. The molecule has 0 heterocycles. The van der Waals surface area contributed by atoms with E-state index in [1.807, 2.05) is 56.3 Å². The molecule has 0 amide bonds. The van der Waals surface area contributed by atoms with Crippen molar-refractivity contribution in [3.05, 3.63) is 71.3 Å². The minimum Gasteiger partial charge on any atom is -0.223 e. The summed E-state index contributed by atoms with van der Waals surface area (Å²) in [5.74, 6) is 0.0178. The van der Waals surface area contributed by atoms with Crippen LogP contribution in [0.2, 0.25) is 0 Å². The Kier molecular flexibility index (Phi) is 4.40. The van der Waals surface area contributed by atoms with Crippen molar-refractivity contribution < 1.29 is 8.42 Å². The van der Waals surface area contributed by atoms with Gasteiger partial charge in [0.2, 0.25) is 0 Å². The van der Waals surface area contributed by atoms with Crippen LogP contribution in [0.15, 0.2) is 59.5 Å². The predicted molar refractivity (Wildman–Crippen MR) is 83.4 cm³/mol. The van der Waals surface area contributed by atoms with Crippen LogP contribution in [-0.4, -0.2) is 14.2 Å². The van der Waals surface area contributed by atoms with E-state index < -0.39 is 9.84 Å². The molecule has 0 spiro atoms. The number of benzene rings is 2. The van der Waals surface area contributed by atoms with Crippen LogP contribution in [0.25, 0.3) is 6.08 Å². The van der Waals surface area contributed by atoms with E-state index in [0.717, 1.165) is 11.1 Å². The van der Waals surface area contributed by atoms with Crippen LogP contribution in [0.4, 0.5) is 0 Å². The molecule has 0 fully saturated rings. The molecule has 2 nitrogen and oxygen atoms in total. The molecule has 0 radical (unpaired) electrons. The van der Waals surface area contributed by atoms with E-state index >= 15 is 0 Å². The highest BCUT2D eigenvalue weighted by Crippen LogP contribution is 2.13. The fourth-order valence-electron chi connectivity index (χ4n) is 1.83. The van der Waals surface area contributed by atoms with Crippen molar-refractivity contribution in [1.82, 2.24) is 0 Å². The van der Waals surface area contributed by atoms with E-state index in [9.17, 15) is 8.42 Å². The average Bonchev–Trinajstić information content (AvgIpc) is 2.41. The largest absolute Gasteiger partial charge is 0.223 e. The molecule has 0 aliphatic rings. The standard InChI is InChI=1S/C17H18O2S/c1-14-5-9-16(10-6-14)4-3-13-20(18,19)17-11-7-15(2)8-12-17/h3-12H,13H2,1-2H3/b4-3+. The second-order valence-electron chi connectivity index (χ2n) is 4.91. The summed E-state index contributed by atoms with van der Waals surface area (Å²) in [4.78, 5) is 0.372. The molecule has 0 aliphatic carbocycles. The molecular weight excluding hydrogens is 268 g/mol. The van der Waals surface area contributed by atoms with Crippen molar-refractivity contribution in [3.8, 4) is 0 Å². The van der Waals surface area contributed by atoms with Gasteiger partial charge in [0.05, 0.1) is 10.6 Å². The third kappa shape index (κ3) is 3.81. The van der Waals surface area contributed by atoms with Gasteiger partial charge in [-0.1, -0.05) is 59.7 Å². The first-order chi connectivity index (χ1) is 9.47. The van der Waals surface area contributed by atoms with Gasteiger partial charge in [0, 0.05) is 0 Å². The molecule has 3 heteroatoms. The van der Waals surface area contributed by atoms with Crippen LogP contribution in [0.3, 0.4) is 0 Å². The van der Waals surface area contributed by atoms with Crippen LogP contribution in [0, 0.1) is 13.8 Å². The van der Waals surface area contributed by atoms with Crippen molar-refractivity contribution in [2.24, 2.45) is 0 Å². The topological polar surface area (TPSA) is 34.1 Å². The normalized spacial score (nSPS) is 11.9. The van der Waals surface area contributed by atoms with Crippen molar-refractivity contribution >= 4 is 15.9 Å². The lowest BCUT2D eigenvalue weighted by atomic mass is 10.1. The first-order valence-electron chi connectivity index (χ1n) is 6.50. The number of rotatable bonds is 4. The third-order valence-corrected chi connectivity index (χ3v) is 4.71. The summed E-state index contributed by atoms with van der Waals surface area (Å²) in [6.07, 6.45) is 3.53. The fraction of sp³-hybridized carbons (Fsp3) is 0.176. The molecule has 0 aliphatic heterocycles.